The second-order valence-electron chi connectivity index (χ2n) is 10.6. The molecular weight excluding hydrogens is 383 g/mol. The van der Waals surface area contributed by atoms with Crippen molar-refractivity contribution in [2.75, 3.05) is 0 Å². The van der Waals surface area contributed by atoms with Crippen molar-refractivity contribution < 1.29 is 0 Å². The molecule has 7 rings (SSSR count). The minimum absolute atomic E-state index is 0.191. The highest BCUT2D eigenvalue weighted by Gasteiger charge is 2.38. The summed E-state index contributed by atoms with van der Waals surface area (Å²) in [6.45, 7) is 14.2. The lowest BCUT2D eigenvalue weighted by Crippen LogP contribution is -2.35. The number of benzene rings is 2. The van der Waals surface area contributed by atoms with E-state index >= 15 is 0 Å². The van der Waals surface area contributed by atoms with E-state index in [4.69, 9.17) is 4.98 Å². The zero-order valence-electron chi connectivity index (χ0n) is 19.4. The van der Waals surface area contributed by atoms with Gasteiger partial charge in [0.05, 0.1) is 5.69 Å². The Morgan fingerprint density at radius 1 is 0.733 bits per heavy atom. The highest BCUT2D eigenvalue weighted by molar-refractivity contribution is 7.68. The normalized spacial score (nSPS) is 14.8. The zero-order chi connectivity index (χ0) is 21.5. The van der Waals surface area contributed by atoms with Crippen LogP contribution in [-0.2, 0) is 25.7 Å². The van der Waals surface area contributed by atoms with Crippen LogP contribution in [0.1, 0.15) is 63.8 Å². The summed E-state index contributed by atoms with van der Waals surface area (Å²) < 4.78 is 2.41. The molecule has 158 valence electrons. The van der Waals surface area contributed by atoms with E-state index in [-0.39, 0.29) is 10.3 Å². The van der Waals surface area contributed by atoms with Crippen molar-refractivity contribution in [1.29, 1.82) is 0 Å². The Bertz CT molecular complexity index is 1000. The summed E-state index contributed by atoms with van der Waals surface area (Å²) in [6, 6.07) is 16.3. The molecule has 2 nitrogen and oxygen atoms in total. The maximum absolute atomic E-state index is 4.95. The smallest absolute Gasteiger partial charge is 0.136 e. The van der Waals surface area contributed by atoms with E-state index in [0.717, 1.165) is 25.7 Å². The molecule has 1 heterocycles. The van der Waals surface area contributed by atoms with Gasteiger partial charge < -0.3 is 0 Å². The Hall–Kier alpha value is -1.92. The Kier molecular flexibility index (Phi) is 5.66. The van der Waals surface area contributed by atoms with Crippen LogP contribution in [0.3, 0.4) is 0 Å². The molecule has 0 aliphatic heterocycles. The van der Waals surface area contributed by atoms with Gasteiger partial charge in [0, 0.05) is 12.4 Å². The van der Waals surface area contributed by atoms with E-state index in [1.165, 1.54) is 33.5 Å². The predicted octanol–water partition coefficient (Wildman–Crippen LogP) is 6.46. The van der Waals surface area contributed by atoms with E-state index in [1.807, 2.05) is 6.20 Å². The first kappa shape index (κ1) is 21.3. The number of aromatic nitrogens is 2. The highest BCUT2D eigenvalue weighted by Crippen LogP contribution is 2.58. The molecule has 0 amide bonds. The quantitative estimate of drug-likeness (QED) is 0.437. The van der Waals surface area contributed by atoms with Crippen LogP contribution in [-0.4, -0.2) is 19.9 Å². The molecule has 0 fully saturated rings. The fraction of sp³-hybridized carbons (Fsp3) is 0.444. The van der Waals surface area contributed by atoms with Crippen molar-refractivity contribution in [3.63, 3.8) is 0 Å². The first-order valence-electron chi connectivity index (χ1n) is 11.2. The summed E-state index contributed by atoms with van der Waals surface area (Å²) in [6.07, 6.45) is 8.47. The maximum Gasteiger partial charge on any atom is 0.136 e. The van der Waals surface area contributed by atoms with Crippen molar-refractivity contribution in [3.05, 3.63) is 77.1 Å². The number of hydrogen-bond acceptors (Lipinski definition) is 1. The van der Waals surface area contributed by atoms with Gasteiger partial charge in [-0.05, 0) is 72.2 Å². The number of imidazole rings is 1. The summed E-state index contributed by atoms with van der Waals surface area (Å²) in [5.41, 5.74) is 8.26. The topological polar surface area (TPSA) is 17.8 Å². The summed E-state index contributed by atoms with van der Waals surface area (Å²) in [5, 5.41) is 0.382. The first-order chi connectivity index (χ1) is 14.1. The maximum atomic E-state index is 4.95. The molecule has 0 atom stereocenters. The minimum Gasteiger partial charge on any atom is -0.300 e. The van der Waals surface area contributed by atoms with Crippen molar-refractivity contribution in [2.24, 2.45) is 0 Å². The van der Waals surface area contributed by atoms with Crippen LogP contribution in [0.15, 0.2) is 54.9 Å². The molecule has 0 N–H and O–H groups in total. The van der Waals surface area contributed by atoms with Crippen LogP contribution in [0.5, 0.6) is 0 Å². The lowest BCUT2D eigenvalue weighted by molar-refractivity contribution is 0.711. The molecule has 4 bridgehead atoms. The molecule has 4 aliphatic carbocycles. The third-order valence-electron chi connectivity index (χ3n) is 5.98. The monoisotopic (exact) mass is 418 g/mol. The molecule has 0 spiro atoms. The van der Waals surface area contributed by atoms with Crippen LogP contribution in [0.25, 0.3) is 5.69 Å². The fourth-order valence-electron chi connectivity index (χ4n) is 4.90. The van der Waals surface area contributed by atoms with Crippen molar-refractivity contribution in [1.82, 2.24) is 9.55 Å². The van der Waals surface area contributed by atoms with E-state index in [0.29, 0.717) is 0 Å². The average Bonchev–Trinajstić information content (AvgIpc) is 3.10. The predicted molar refractivity (Wildman–Crippen MR) is 131 cm³/mol. The molecule has 1 aromatic heterocycles. The largest absolute Gasteiger partial charge is 0.300 e. The Labute approximate surface area is 183 Å². The van der Waals surface area contributed by atoms with Gasteiger partial charge in [0.1, 0.15) is 5.57 Å². The van der Waals surface area contributed by atoms with E-state index in [9.17, 15) is 0 Å². The minimum atomic E-state index is -0.465. The molecule has 0 saturated carbocycles. The van der Waals surface area contributed by atoms with Gasteiger partial charge in [-0.15, -0.1) is 0 Å². The fourth-order valence-corrected chi connectivity index (χ4v) is 8.68. The van der Waals surface area contributed by atoms with Crippen LogP contribution in [0.4, 0.5) is 0 Å². The van der Waals surface area contributed by atoms with Crippen molar-refractivity contribution in [2.45, 2.75) is 77.5 Å². The molecular formula is C27H35N2P. The molecule has 0 unspecified atom stereocenters. The van der Waals surface area contributed by atoms with Crippen molar-refractivity contribution in [3.8, 4) is 5.69 Å². The number of hydrogen-bond donors (Lipinski definition) is 0. The van der Waals surface area contributed by atoms with Crippen molar-refractivity contribution >= 4 is 13.5 Å². The second-order valence-corrected chi connectivity index (χ2v) is 14.3. The Morgan fingerprint density at radius 2 is 1.27 bits per heavy atom. The number of rotatable bonds is 2. The highest BCUT2D eigenvalue weighted by atomic mass is 31.1. The van der Waals surface area contributed by atoms with E-state index in [2.05, 4.69) is 94.8 Å². The van der Waals surface area contributed by atoms with Gasteiger partial charge in [0.2, 0.25) is 0 Å². The van der Waals surface area contributed by atoms with Gasteiger partial charge in [0.15, 0.2) is 0 Å². The summed E-state index contributed by atoms with van der Waals surface area (Å²) in [5.74, 6) is 0. The van der Waals surface area contributed by atoms with Gasteiger partial charge in [-0.25, -0.2) is 4.98 Å². The molecule has 0 radical (unpaired) electrons. The summed E-state index contributed by atoms with van der Waals surface area (Å²) in [7, 11) is -0.465. The summed E-state index contributed by atoms with van der Waals surface area (Å²) in [4.78, 5) is 4.95. The lowest BCUT2D eigenvalue weighted by Gasteiger charge is -2.40. The zero-order valence-corrected chi connectivity index (χ0v) is 20.3. The third kappa shape index (κ3) is 4.40. The molecule has 2 aromatic carbocycles. The van der Waals surface area contributed by atoms with Crippen LogP contribution >= 0.6 is 7.92 Å². The standard InChI is InChI=1S/C27H35N2P/c1-26(2,3)30(27(4,5)6)25-28-17-18-29(25)24-19-22-12-11-20-7-9-21(10-8-20)13-15-23(24)16-14-22/h7-10,14,16-19H,11-13,15H2,1-6H3. The second kappa shape index (κ2) is 7.97. The van der Waals surface area contributed by atoms with Gasteiger partial charge in [-0.3, -0.25) is 4.57 Å². The summed E-state index contributed by atoms with van der Waals surface area (Å²) >= 11 is 0. The van der Waals surface area contributed by atoms with E-state index in [1.54, 1.807) is 0 Å². The Morgan fingerprint density at radius 3 is 1.87 bits per heavy atom. The third-order valence-corrected chi connectivity index (χ3v) is 9.39. The average molecular weight is 419 g/mol. The Balaban J connectivity index is 1.82. The molecule has 3 heteroatoms. The first-order valence-corrected chi connectivity index (χ1v) is 12.5. The van der Waals surface area contributed by atoms with Crippen LogP contribution in [0, 0.1) is 0 Å². The molecule has 4 aliphatic rings. The SMILES string of the molecule is CC(C)(C)P(c1nccn1-c1cc2ccc1CCc1ccc(cc1)CC2)C(C)(C)C. The van der Waals surface area contributed by atoms with Gasteiger partial charge in [-0.1, -0.05) is 77.9 Å². The van der Waals surface area contributed by atoms with Crippen LogP contribution < -0.4 is 5.57 Å². The lowest BCUT2D eigenvalue weighted by atomic mass is 9.95. The van der Waals surface area contributed by atoms with Gasteiger partial charge in [-0.2, -0.15) is 0 Å². The number of aryl methyl sites for hydroxylation is 4. The van der Waals surface area contributed by atoms with Gasteiger partial charge in [0.25, 0.3) is 0 Å². The molecule has 0 saturated heterocycles. The van der Waals surface area contributed by atoms with Crippen LogP contribution in [0.2, 0.25) is 0 Å². The number of nitrogens with zero attached hydrogens (tertiary/aromatic N) is 2. The van der Waals surface area contributed by atoms with E-state index < -0.39 is 7.92 Å². The van der Waals surface area contributed by atoms with Gasteiger partial charge >= 0.3 is 0 Å². The molecule has 30 heavy (non-hydrogen) atoms. The molecule has 3 aromatic rings.